The lowest BCUT2D eigenvalue weighted by molar-refractivity contribution is -0.676. The fraction of sp³-hybridized carbons (Fsp3) is 0.400. The van der Waals surface area contributed by atoms with Gasteiger partial charge in [-0.1, -0.05) is 12.1 Å². The van der Waals surface area contributed by atoms with Crippen molar-refractivity contribution in [1.29, 1.82) is 0 Å². The van der Waals surface area contributed by atoms with Crippen molar-refractivity contribution in [2.75, 3.05) is 20.3 Å². The molecule has 4 rings (SSSR count). The average molecular weight is 342 g/mol. The Kier molecular flexibility index (Phi) is 4.40. The molecule has 0 aliphatic carbocycles. The van der Waals surface area contributed by atoms with Crippen molar-refractivity contribution in [3.8, 4) is 23.0 Å². The van der Waals surface area contributed by atoms with Crippen LogP contribution in [0.4, 0.5) is 0 Å². The molecule has 5 nitrogen and oxygen atoms in total. The number of methoxy groups -OCH3 is 1. The normalized spacial score (nSPS) is 20.7. The van der Waals surface area contributed by atoms with E-state index in [0.717, 1.165) is 48.1 Å². The molecular weight excluding hydrogens is 318 g/mol. The summed E-state index contributed by atoms with van der Waals surface area (Å²) in [6.45, 7) is 4.31. The predicted molar refractivity (Wildman–Crippen MR) is 93.6 cm³/mol. The number of para-hydroxylation sites is 2. The third kappa shape index (κ3) is 3.37. The molecule has 2 aliphatic rings. The van der Waals surface area contributed by atoms with Gasteiger partial charge in [0.1, 0.15) is 37.3 Å². The van der Waals surface area contributed by atoms with Gasteiger partial charge in [0, 0.05) is 12.0 Å². The largest absolute Gasteiger partial charge is 0.496 e. The van der Waals surface area contributed by atoms with E-state index in [2.05, 4.69) is 24.4 Å². The minimum atomic E-state index is 0.0478. The van der Waals surface area contributed by atoms with Crippen LogP contribution in [0.2, 0.25) is 0 Å². The lowest BCUT2D eigenvalue weighted by atomic mass is 10.1. The minimum Gasteiger partial charge on any atom is -0.496 e. The van der Waals surface area contributed by atoms with Crippen LogP contribution in [-0.4, -0.2) is 32.5 Å². The summed E-state index contributed by atoms with van der Waals surface area (Å²) in [5, 5.41) is 2.23. The molecule has 0 fully saturated rings. The fourth-order valence-electron chi connectivity index (χ4n) is 3.43. The molecule has 2 heterocycles. The summed E-state index contributed by atoms with van der Waals surface area (Å²) in [6.07, 6.45) is 1.24. The Bertz CT molecular complexity index is 761. The summed E-state index contributed by atoms with van der Waals surface area (Å²) in [4.78, 5) is 0. The van der Waals surface area contributed by atoms with Crippen LogP contribution in [0.25, 0.3) is 0 Å². The first-order valence-corrected chi connectivity index (χ1v) is 8.79. The molecule has 0 bridgehead atoms. The topological polar surface area (TPSA) is 53.5 Å². The smallest absolute Gasteiger partial charge is 0.181 e. The molecule has 2 aromatic carbocycles. The quantitative estimate of drug-likeness (QED) is 0.902. The van der Waals surface area contributed by atoms with Crippen molar-refractivity contribution in [1.82, 2.24) is 0 Å². The van der Waals surface area contributed by atoms with Crippen LogP contribution in [0.1, 0.15) is 18.1 Å². The van der Waals surface area contributed by atoms with Crippen molar-refractivity contribution in [2.45, 2.75) is 32.1 Å². The molecule has 0 saturated heterocycles. The van der Waals surface area contributed by atoms with Gasteiger partial charge in [-0.3, -0.25) is 0 Å². The Hall–Kier alpha value is -2.40. The summed E-state index contributed by atoms with van der Waals surface area (Å²) in [7, 11) is 1.72. The molecular formula is C20H24NO4+. The summed E-state index contributed by atoms with van der Waals surface area (Å²) in [6, 6.07) is 12.0. The van der Waals surface area contributed by atoms with E-state index in [1.807, 2.05) is 24.3 Å². The van der Waals surface area contributed by atoms with Gasteiger partial charge >= 0.3 is 0 Å². The van der Waals surface area contributed by atoms with E-state index >= 15 is 0 Å². The second-order valence-electron chi connectivity index (χ2n) is 6.63. The standard InChI is InChI=1S/C20H23NO4/c1-13-7-14-8-19(22-2)15(9-20(14)24-13)10-21-11-16-12-23-17-5-3-4-6-18(17)25-16/h3-6,8-9,13,16,21H,7,10-12H2,1-2H3/p+1/t13-,16-/m0/s1. The SMILES string of the molecule is COc1cc2c(cc1C[NH2+]C[C@H]1COc3ccccc3O1)O[C@@H](C)C2. The first-order chi connectivity index (χ1) is 12.2. The summed E-state index contributed by atoms with van der Waals surface area (Å²) >= 11 is 0. The molecule has 2 aliphatic heterocycles. The highest BCUT2D eigenvalue weighted by molar-refractivity contribution is 5.48. The van der Waals surface area contributed by atoms with Crippen molar-refractivity contribution in [3.63, 3.8) is 0 Å². The van der Waals surface area contributed by atoms with E-state index in [1.54, 1.807) is 7.11 Å². The number of ether oxygens (including phenoxy) is 4. The molecule has 0 aromatic heterocycles. The lowest BCUT2D eigenvalue weighted by Gasteiger charge is -2.25. The summed E-state index contributed by atoms with van der Waals surface area (Å²) < 4.78 is 23.2. The van der Waals surface area contributed by atoms with Gasteiger partial charge in [-0.15, -0.1) is 0 Å². The molecule has 25 heavy (non-hydrogen) atoms. The first kappa shape index (κ1) is 16.1. The van der Waals surface area contributed by atoms with E-state index in [1.165, 1.54) is 5.56 Å². The molecule has 0 amide bonds. The monoisotopic (exact) mass is 342 g/mol. The predicted octanol–water partition coefficient (Wildman–Crippen LogP) is 1.92. The third-order valence-electron chi connectivity index (χ3n) is 4.66. The Morgan fingerprint density at radius 3 is 2.80 bits per heavy atom. The second kappa shape index (κ2) is 6.84. The average Bonchev–Trinajstić information content (AvgIpc) is 2.99. The van der Waals surface area contributed by atoms with Crippen LogP contribution in [0.15, 0.2) is 36.4 Å². The molecule has 0 spiro atoms. The van der Waals surface area contributed by atoms with Crippen LogP contribution in [-0.2, 0) is 13.0 Å². The number of nitrogens with two attached hydrogens (primary N) is 1. The zero-order chi connectivity index (χ0) is 17.2. The lowest BCUT2D eigenvalue weighted by Crippen LogP contribution is -2.85. The highest BCUT2D eigenvalue weighted by atomic mass is 16.6. The Labute approximate surface area is 147 Å². The van der Waals surface area contributed by atoms with E-state index in [9.17, 15) is 0 Å². The Balaban J connectivity index is 1.37. The van der Waals surface area contributed by atoms with Gasteiger partial charge in [0.25, 0.3) is 0 Å². The van der Waals surface area contributed by atoms with Crippen molar-refractivity contribution >= 4 is 0 Å². The van der Waals surface area contributed by atoms with Crippen molar-refractivity contribution in [3.05, 3.63) is 47.5 Å². The van der Waals surface area contributed by atoms with Gasteiger partial charge < -0.3 is 24.3 Å². The molecule has 2 atom stereocenters. The molecule has 0 saturated carbocycles. The third-order valence-corrected chi connectivity index (χ3v) is 4.66. The Morgan fingerprint density at radius 2 is 1.96 bits per heavy atom. The number of benzene rings is 2. The summed E-state index contributed by atoms with van der Waals surface area (Å²) in [5.41, 5.74) is 2.38. The number of hydrogen-bond donors (Lipinski definition) is 1. The first-order valence-electron chi connectivity index (χ1n) is 8.79. The van der Waals surface area contributed by atoms with Gasteiger partial charge in [-0.25, -0.2) is 0 Å². The van der Waals surface area contributed by atoms with Gasteiger partial charge in [-0.05, 0) is 31.2 Å². The maximum absolute atomic E-state index is 6.00. The molecule has 2 N–H and O–H groups in total. The molecule has 0 radical (unpaired) electrons. The van der Waals surface area contributed by atoms with Crippen molar-refractivity contribution < 1.29 is 24.3 Å². The maximum atomic E-state index is 6.00. The molecule has 0 unspecified atom stereocenters. The van der Waals surface area contributed by atoms with Crippen molar-refractivity contribution in [2.24, 2.45) is 0 Å². The minimum absolute atomic E-state index is 0.0478. The highest BCUT2D eigenvalue weighted by Gasteiger charge is 2.24. The number of fused-ring (bicyclic) bond motifs is 2. The second-order valence-corrected chi connectivity index (χ2v) is 6.63. The Morgan fingerprint density at radius 1 is 1.12 bits per heavy atom. The van der Waals surface area contributed by atoms with E-state index < -0.39 is 0 Å². The van der Waals surface area contributed by atoms with Crippen LogP contribution in [0, 0.1) is 0 Å². The van der Waals surface area contributed by atoms with Gasteiger partial charge in [0.2, 0.25) is 0 Å². The summed E-state index contributed by atoms with van der Waals surface area (Å²) in [5.74, 6) is 3.57. The molecule has 2 aromatic rings. The van der Waals surface area contributed by atoms with E-state index in [-0.39, 0.29) is 12.2 Å². The van der Waals surface area contributed by atoms with Crippen LogP contribution < -0.4 is 24.3 Å². The van der Waals surface area contributed by atoms with Gasteiger partial charge in [-0.2, -0.15) is 0 Å². The van der Waals surface area contributed by atoms with E-state index in [0.29, 0.717) is 6.61 Å². The number of hydrogen-bond acceptors (Lipinski definition) is 4. The number of quaternary nitrogens is 1. The highest BCUT2D eigenvalue weighted by Crippen LogP contribution is 2.34. The molecule has 5 heteroatoms. The number of rotatable bonds is 5. The zero-order valence-electron chi connectivity index (χ0n) is 14.7. The van der Waals surface area contributed by atoms with Crippen LogP contribution in [0.5, 0.6) is 23.0 Å². The molecule has 132 valence electrons. The zero-order valence-corrected chi connectivity index (χ0v) is 14.7. The van der Waals surface area contributed by atoms with Crippen LogP contribution >= 0.6 is 0 Å². The van der Waals surface area contributed by atoms with Gasteiger partial charge in [0.15, 0.2) is 17.6 Å². The maximum Gasteiger partial charge on any atom is 0.181 e. The fourth-order valence-corrected chi connectivity index (χ4v) is 3.43. The van der Waals surface area contributed by atoms with E-state index in [4.69, 9.17) is 18.9 Å². The van der Waals surface area contributed by atoms with Gasteiger partial charge in [0.05, 0.1) is 12.7 Å². The van der Waals surface area contributed by atoms with Crippen LogP contribution in [0.3, 0.4) is 0 Å².